The molecule has 1 aliphatic rings. The standard InChI is InChI=1S/C21H13.C9H4F6.C5H5.2ClH.Zr/c1-2-8-15-14(7-1)13-20-18-11-4-3-9-16(18)17-10-5-6-12-19(17)21(15)20;1-5-2-6(8(10,11)12)4-7(3-5)9(13,14)15;1-2-4-5-3-1;;;/h1-10,12H,13H2;1-4H;1-5H;2*1H;/q-1;;-1;;;+2/p-2. The van der Waals surface area contributed by atoms with Crippen molar-refractivity contribution in [3.8, 4) is 11.1 Å². The van der Waals surface area contributed by atoms with Crippen LogP contribution in [0.4, 0.5) is 26.3 Å². The molecule has 0 saturated carbocycles. The molecular formula is C35H22Cl2F6Zr-2. The Morgan fingerprint density at radius 3 is 1.82 bits per heavy atom. The average Bonchev–Trinajstić information content (AvgIpc) is 3.69. The largest absolute Gasteiger partial charge is 1.00 e. The predicted octanol–water partition coefficient (Wildman–Crippen LogP) is 4.20. The molecule has 0 aromatic heterocycles. The minimum atomic E-state index is -4.77. The van der Waals surface area contributed by atoms with Crippen LogP contribution in [0.3, 0.4) is 0 Å². The number of rotatable bonds is 1. The first kappa shape index (κ1) is 35.4. The fraction of sp³-hybridized carbons (Fsp3) is 0.0857. The van der Waals surface area contributed by atoms with Crippen molar-refractivity contribution >= 4 is 25.3 Å². The molecule has 6 aromatic carbocycles. The number of halogens is 8. The summed E-state index contributed by atoms with van der Waals surface area (Å²) in [5, 5.41) is 5.30. The molecule has 9 heteroatoms. The summed E-state index contributed by atoms with van der Waals surface area (Å²) in [6.07, 6.45) is -8.52. The van der Waals surface area contributed by atoms with Gasteiger partial charge in [-0.3, -0.25) is 0 Å². The van der Waals surface area contributed by atoms with Crippen molar-refractivity contribution in [3.63, 3.8) is 0 Å². The van der Waals surface area contributed by atoms with Crippen LogP contribution in [0.25, 0.3) is 32.7 Å². The number of benzene rings is 5. The van der Waals surface area contributed by atoms with Gasteiger partial charge in [0.05, 0.1) is 0 Å². The normalized spacial score (nSPS) is 11.5. The Labute approximate surface area is 278 Å². The maximum Gasteiger partial charge on any atom is -0.0240 e. The molecule has 0 spiro atoms. The van der Waals surface area contributed by atoms with E-state index in [9.17, 15) is 26.3 Å². The SMILES string of the molecule is FC(F)(F)c1cc([CH]=[Zr+2])cc(C(F)(F)F)c1.[Cl-].[Cl-].[c-]1cccc2c1c1c(c3ccccc32)-c2ccccc2C1.c1cc[cH-]c1. The van der Waals surface area contributed by atoms with Crippen LogP contribution in [-0.2, 0) is 43.0 Å². The molecular weight excluding hydrogens is 697 g/mol. The van der Waals surface area contributed by atoms with E-state index in [1.807, 2.05) is 36.4 Å². The van der Waals surface area contributed by atoms with Crippen LogP contribution >= 0.6 is 0 Å². The Morgan fingerprint density at radius 2 is 1.25 bits per heavy atom. The Bertz CT molecular complexity index is 1810. The smallest absolute Gasteiger partial charge is 0.0240 e. The summed E-state index contributed by atoms with van der Waals surface area (Å²) in [4.78, 5) is 0. The minimum Gasteiger partial charge on any atom is -1.00 e. The molecule has 0 fully saturated rings. The number of hydrogen-bond donors (Lipinski definition) is 0. The van der Waals surface area contributed by atoms with Gasteiger partial charge in [0.2, 0.25) is 0 Å². The van der Waals surface area contributed by atoms with Gasteiger partial charge in [0.25, 0.3) is 0 Å². The summed E-state index contributed by atoms with van der Waals surface area (Å²) < 4.78 is 75.1. The van der Waals surface area contributed by atoms with Crippen molar-refractivity contribution in [2.45, 2.75) is 18.8 Å². The van der Waals surface area contributed by atoms with E-state index in [0.29, 0.717) is 12.1 Å². The van der Waals surface area contributed by atoms with E-state index in [4.69, 9.17) is 0 Å². The summed E-state index contributed by atoms with van der Waals surface area (Å²) >= 11 is 0.733. The first-order chi connectivity index (χ1) is 20.1. The van der Waals surface area contributed by atoms with Crippen molar-refractivity contribution < 1.29 is 75.4 Å². The summed E-state index contributed by atoms with van der Waals surface area (Å²) in [6.45, 7) is 0. The van der Waals surface area contributed by atoms with E-state index in [1.54, 1.807) is 0 Å². The molecule has 0 nitrogen and oxygen atoms in total. The van der Waals surface area contributed by atoms with Gasteiger partial charge >= 0.3 is 102 Å². The molecule has 6 aromatic rings. The molecule has 0 amide bonds. The first-order valence-electron chi connectivity index (χ1n) is 13.0. The van der Waals surface area contributed by atoms with E-state index >= 15 is 0 Å². The monoisotopic (exact) mass is 716 g/mol. The van der Waals surface area contributed by atoms with Gasteiger partial charge in [-0.2, -0.15) is 18.2 Å². The maximum atomic E-state index is 12.3. The van der Waals surface area contributed by atoms with Gasteiger partial charge in [-0.25, -0.2) is 12.1 Å². The van der Waals surface area contributed by atoms with Gasteiger partial charge in [-0.05, 0) is 28.5 Å². The Hall–Kier alpha value is -3.12. The van der Waals surface area contributed by atoms with Crippen LogP contribution in [0.2, 0.25) is 0 Å². The van der Waals surface area contributed by atoms with Crippen molar-refractivity contribution in [2.75, 3.05) is 0 Å². The van der Waals surface area contributed by atoms with E-state index in [-0.39, 0.29) is 36.4 Å². The van der Waals surface area contributed by atoms with Crippen LogP contribution < -0.4 is 24.8 Å². The molecule has 0 bridgehead atoms. The Balaban J connectivity index is 0.000000205. The zero-order valence-corrected chi connectivity index (χ0v) is 26.7. The van der Waals surface area contributed by atoms with Crippen molar-refractivity contribution in [2.24, 2.45) is 0 Å². The molecule has 0 aliphatic heterocycles. The molecule has 224 valence electrons. The molecule has 0 radical (unpaired) electrons. The van der Waals surface area contributed by atoms with Crippen molar-refractivity contribution in [3.05, 3.63) is 149 Å². The number of alkyl halides is 6. The fourth-order valence-electron chi connectivity index (χ4n) is 5.11. The molecule has 0 N–H and O–H groups in total. The quantitative estimate of drug-likeness (QED) is 0.136. The second-order valence-electron chi connectivity index (χ2n) is 9.64. The third-order valence-electron chi connectivity index (χ3n) is 6.93. The Morgan fingerprint density at radius 1 is 0.682 bits per heavy atom. The van der Waals surface area contributed by atoms with E-state index in [1.165, 1.54) is 47.5 Å². The molecule has 1 aliphatic carbocycles. The molecule has 0 heterocycles. The summed E-state index contributed by atoms with van der Waals surface area (Å²) in [7, 11) is 0. The second-order valence-corrected chi connectivity index (χ2v) is 10.3. The Kier molecular flexibility index (Phi) is 11.9. The fourth-order valence-corrected chi connectivity index (χ4v) is 5.52. The topological polar surface area (TPSA) is 0 Å². The van der Waals surface area contributed by atoms with Crippen LogP contribution in [-0.4, -0.2) is 3.71 Å². The first-order valence-corrected chi connectivity index (χ1v) is 14.4. The molecule has 0 atom stereocenters. The van der Waals surface area contributed by atoms with Crippen LogP contribution in [0.1, 0.15) is 27.8 Å². The van der Waals surface area contributed by atoms with Gasteiger partial charge in [0, 0.05) is 0 Å². The third kappa shape index (κ3) is 7.74. The maximum absolute atomic E-state index is 12.3. The number of fused-ring (bicyclic) bond motifs is 8. The summed E-state index contributed by atoms with van der Waals surface area (Å²) in [5.41, 5.74) is 3.04. The van der Waals surface area contributed by atoms with Crippen molar-refractivity contribution in [1.82, 2.24) is 0 Å². The predicted molar refractivity (Wildman–Crippen MR) is 152 cm³/mol. The van der Waals surface area contributed by atoms with Crippen LogP contribution in [0.15, 0.2) is 115 Å². The van der Waals surface area contributed by atoms with E-state index in [2.05, 4.69) is 66.7 Å². The number of hydrogen-bond acceptors (Lipinski definition) is 0. The van der Waals surface area contributed by atoms with Crippen molar-refractivity contribution in [1.29, 1.82) is 0 Å². The van der Waals surface area contributed by atoms with Gasteiger partial charge < -0.3 is 24.8 Å². The summed E-state index contributed by atoms with van der Waals surface area (Å²) in [5.74, 6) is 0. The molecule has 44 heavy (non-hydrogen) atoms. The van der Waals surface area contributed by atoms with Crippen LogP contribution in [0.5, 0.6) is 0 Å². The zero-order valence-electron chi connectivity index (χ0n) is 22.8. The van der Waals surface area contributed by atoms with Gasteiger partial charge in [0.15, 0.2) is 0 Å². The van der Waals surface area contributed by atoms with Gasteiger partial charge in [-0.1, -0.05) is 53.9 Å². The average molecular weight is 719 g/mol. The summed E-state index contributed by atoms with van der Waals surface area (Å²) in [6, 6.07) is 38.9. The zero-order chi connectivity index (χ0) is 29.9. The minimum absolute atomic E-state index is 0. The molecule has 0 unspecified atom stereocenters. The third-order valence-corrected chi connectivity index (χ3v) is 7.75. The van der Waals surface area contributed by atoms with E-state index in [0.717, 1.165) is 30.7 Å². The second kappa shape index (κ2) is 14.8. The van der Waals surface area contributed by atoms with Gasteiger partial charge in [-0.15, -0.1) is 40.6 Å². The molecule has 7 rings (SSSR count). The molecule has 0 saturated heterocycles. The van der Waals surface area contributed by atoms with Gasteiger partial charge in [0.1, 0.15) is 0 Å². The van der Waals surface area contributed by atoms with Crippen LogP contribution in [0, 0.1) is 6.07 Å². The van der Waals surface area contributed by atoms with E-state index < -0.39 is 23.5 Å².